The zero-order valence-corrected chi connectivity index (χ0v) is 9.60. The Morgan fingerprint density at radius 2 is 1.11 bits per heavy atom. The first-order valence-electron chi connectivity index (χ1n) is 5.42. The highest BCUT2D eigenvalue weighted by molar-refractivity contribution is 5.80. The number of halogens is 2. The number of carbonyl (C=O) groups is 2. The largest absolute Gasteiger partial charge is 0.480 e. The zero-order chi connectivity index (χ0) is 14.1. The van der Waals surface area contributed by atoms with Gasteiger partial charge in [-0.3, -0.25) is 9.59 Å². The molecule has 0 radical (unpaired) electrons. The highest BCUT2D eigenvalue weighted by Gasteiger charge is 2.48. The summed E-state index contributed by atoms with van der Waals surface area (Å²) in [5.74, 6) is -2.20. The van der Waals surface area contributed by atoms with Gasteiger partial charge >= 0.3 is 11.9 Å². The molecule has 2 saturated carbocycles. The van der Waals surface area contributed by atoms with Crippen LogP contribution < -0.4 is 11.5 Å². The van der Waals surface area contributed by atoms with Crippen LogP contribution in [0.15, 0.2) is 0 Å². The number of alkyl halides is 2. The molecule has 0 aromatic carbocycles. The molecule has 0 spiro atoms. The molecule has 0 amide bonds. The van der Waals surface area contributed by atoms with Gasteiger partial charge in [-0.25, -0.2) is 8.78 Å². The summed E-state index contributed by atoms with van der Waals surface area (Å²) in [5, 5.41) is 16.6. The lowest BCUT2D eigenvalue weighted by Gasteiger charge is -2.36. The number of hydrogen-bond donors (Lipinski definition) is 4. The Morgan fingerprint density at radius 3 is 1.17 bits per heavy atom. The lowest BCUT2D eigenvalue weighted by Crippen LogP contribution is -2.58. The minimum atomic E-state index is -1.26. The zero-order valence-electron chi connectivity index (χ0n) is 9.60. The Balaban J connectivity index is 0.000000180. The molecule has 2 aliphatic carbocycles. The third kappa shape index (κ3) is 2.94. The third-order valence-corrected chi connectivity index (χ3v) is 3.19. The van der Waals surface area contributed by atoms with Gasteiger partial charge in [-0.1, -0.05) is 0 Å². The van der Waals surface area contributed by atoms with Gasteiger partial charge in [0.1, 0.15) is 23.4 Å². The molecule has 0 atom stereocenters. The van der Waals surface area contributed by atoms with Crippen molar-refractivity contribution < 1.29 is 28.6 Å². The molecule has 8 heteroatoms. The number of carboxylic acids is 2. The van der Waals surface area contributed by atoms with Crippen molar-refractivity contribution in [3.8, 4) is 0 Å². The van der Waals surface area contributed by atoms with Crippen molar-refractivity contribution in [3.63, 3.8) is 0 Å². The molecule has 104 valence electrons. The second-order valence-electron chi connectivity index (χ2n) is 4.93. The smallest absolute Gasteiger partial charge is 0.323 e. The Labute approximate surface area is 102 Å². The van der Waals surface area contributed by atoms with Gasteiger partial charge in [0.25, 0.3) is 0 Å². The first-order chi connectivity index (χ1) is 8.09. The monoisotopic (exact) mass is 266 g/mol. The van der Waals surface area contributed by atoms with E-state index >= 15 is 0 Å². The van der Waals surface area contributed by atoms with Crippen molar-refractivity contribution in [3.05, 3.63) is 0 Å². The van der Waals surface area contributed by atoms with E-state index in [4.69, 9.17) is 21.7 Å². The van der Waals surface area contributed by atoms with Crippen LogP contribution in [0, 0.1) is 0 Å². The summed E-state index contributed by atoms with van der Waals surface area (Å²) in [6.07, 6.45) is -2.17. The van der Waals surface area contributed by atoms with Gasteiger partial charge in [-0.15, -0.1) is 0 Å². The molecular formula is C10H16F2N2O4. The van der Waals surface area contributed by atoms with Gasteiger partial charge in [0.15, 0.2) is 0 Å². The molecule has 2 fully saturated rings. The van der Waals surface area contributed by atoms with E-state index in [1.54, 1.807) is 0 Å². The molecule has 2 rings (SSSR count). The molecule has 2 aliphatic rings. The Morgan fingerprint density at radius 1 is 0.889 bits per heavy atom. The van der Waals surface area contributed by atoms with Crippen LogP contribution >= 0.6 is 0 Å². The summed E-state index contributed by atoms with van der Waals surface area (Å²) < 4.78 is 24.1. The number of carboxylic acid groups (broad SMARTS) is 2. The molecule has 0 bridgehead atoms. The maximum absolute atomic E-state index is 12.0. The fourth-order valence-electron chi connectivity index (χ4n) is 1.81. The fraction of sp³-hybridized carbons (Fsp3) is 0.800. The van der Waals surface area contributed by atoms with Gasteiger partial charge in [0.2, 0.25) is 0 Å². The predicted molar refractivity (Wildman–Crippen MR) is 57.4 cm³/mol. The molecule has 6 N–H and O–H groups in total. The maximum Gasteiger partial charge on any atom is 0.323 e. The van der Waals surface area contributed by atoms with E-state index < -0.39 is 35.4 Å². The van der Waals surface area contributed by atoms with Gasteiger partial charge in [0, 0.05) is 25.7 Å². The van der Waals surface area contributed by atoms with Crippen LogP contribution in [0.1, 0.15) is 25.7 Å². The summed E-state index contributed by atoms with van der Waals surface area (Å²) in [6, 6.07) is 0. The second-order valence-corrected chi connectivity index (χ2v) is 4.93. The highest BCUT2D eigenvalue weighted by atomic mass is 19.1. The van der Waals surface area contributed by atoms with Crippen LogP contribution in [0.2, 0.25) is 0 Å². The Kier molecular flexibility index (Phi) is 3.92. The van der Waals surface area contributed by atoms with Gasteiger partial charge in [-0.05, 0) is 0 Å². The van der Waals surface area contributed by atoms with E-state index in [1.165, 1.54) is 0 Å². The van der Waals surface area contributed by atoms with Crippen molar-refractivity contribution >= 4 is 11.9 Å². The third-order valence-electron chi connectivity index (χ3n) is 3.19. The number of hydrogen-bond acceptors (Lipinski definition) is 4. The highest BCUT2D eigenvalue weighted by Crippen LogP contribution is 2.32. The number of aliphatic carboxylic acids is 2. The van der Waals surface area contributed by atoms with Gasteiger partial charge in [-0.2, -0.15) is 0 Å². The van der Waals surface area contributed by atoms with Crippen LogP contribution in [0.25, 0.3) is 0 Å². The number of nitrogens with two attached hydrogens (primary N) is 2. The molecule has 0 unspecified atom stereocenters. The van der Waals surface area contributed by atoms with E-state index in [0.29, 0.717) is 0 Å². The standard InChI is InChI=1S/2C5H8FNO2/c2*6-3-1-5(7,2-3)4(8)9/h2*3H,1-2,7H2,(H,8,9). The van der Waals surface area contributed by atoms with E-state index in [1.807, 2.05) is 0 Å². The van der Waals surface area contributed by atoms with Crippen molar-refractivity contribution in [2.75, 3.05) is 0 Å². The van der Waals surface area contributed by atoms with Crippen LogP contribution in [0.3, 0.4) is 0 Å². The summed E-state index contributed by atoms with van der Waals surface area (Å²) in [4.78, 5) is 20.3. The lowest BCUT2D eigenvalue weighted by molar-refractivity contribution is -0.150. The van der Waals surface area contributed by atoms with Crippen molar-refractivity contribution in [1.29, 1.82) is 0 Å². The normalized spacial score (nSPS) is 41.8. The SMILES string of the molecule is NC1(C(=O)O)CC(F)C1.NC1(C(=O)O)CC(F)C1. The summed E-state index contributed by atoms with van der Waals surface area (Å²) >= 11 is 0. The molecule has 6 nitrogen and oxygen atoms in total. The fourth-order valence-corrected chi connectivity index (χ4v) is 1.81. The first-order valence-corrected chi connectivity index (χ1v) is 5.42. The van der Waals surface area contributed by atoms with Crippen LogP contribution in [0.4, 0.5) is 8.78 Å². The van der Waals surface area contributed by atoms with Crippen LogP contribution in [-0.2, 0) is 9.59 Å². The average molecular weight is 266 g/mol. The number of rotatable bonds is 2. The van der Waals surface area contributed by atoms with Crippen LogP contribution in [0.5, 0.6) is 0 Å². The van der Waals surface area contributed by atoms with E-state index in [0.717, 1.165) is 0 Å². The topological polar surface area (TPSA) is 127 Å². The lowest BCUT2D eigenvalue weighted by atomic mass is 9.76. The minimum absolute atomic E-state index is 0.0394. The second kappa shape index (κ2) is 4.77. The molecule has 18 heavy (non-hydrogen) atoms. The van der Waals surface area contributed by atoms with E-state index in [9.17, 15) is 18.4 Å². The summed E-state index contributed by atoms with van der Waals surface area (Å²) in [7, 11) is 0. The Bertz CT molecular complexity index is 318. The molecule has 0 heterocycles. The van der Waals surface area contributed by atoms with Crippen molar-refractivity contribution in [2.24, 2.45) is 11.5 Å². The van der Waals surface area contributed by atoms with E-state index in [2.05, 4.69) is 0 Å². The summed E-state index contributed by atoms with van der Waals surface area (Å²) in [6.45, 7) is 0. The molecule has 0 aromatic heterocycles. The molecule has 0 aromatic rings. The van der Waals surface area contributed by atoms with Crippen LogP contribution in [-0.4, -0.2) is 45.6 Å². The summed E-state index contributed by atoms with van der Waals surface area (Å²) in [5.41, 5.74) is 7.86. The first kappa shape index (κ1) is 14.8. The van der Waals surface area contributed by atoms with Gasteiger partial charge < -0.3 is 21.7 Å². The molecule has 0 saturated heterocycles. The quantitative estimate of drug-likeness (QED) is 0.548. The maximum atomic E-state index is 12.0. The van der Waals surface area contributed by atoms with Crippen molar-refractivity contribution in [2.45, 2.75) is 49.1 Å². The predicted octanol–water partition coefficient (Wildman–Crippen LogP) is -0.199. The molecule has 0 aliphatic heterocycles. The molecular weight excluding hydrogens is 250 g/mol. The minimum Gasteiger partial charge on any atom is -0.480 e. The van der Waals surface area contributed by atoms with E-state index in [-0.39, 0.29) is 25.7 Å². The van der Waals surface area contributed by atoms with Crippen molar-refractivity contribution in [1.82, 2.24) is 0 Å². The average Bonchev–Trinajstić information content (AvgIpc) is 2.13. The van der Waals surface area contributed by atoms with Gasteiger partial charge in [0.05, 0.1) is 0 Å². The Hall–Kier alpha value is -1.28.